The highest BCUT2D eigenvalue weighted by Gasteiger charge is 2.18. The Morgan fingerprint density at radius 1 is 1.10 bits per heavy atom. The molecule has 8 heteroatoms. The van der Waals surface area contributed by atoms with Crippen molar-refractivity contribution >= 4 is 27.6 Å². The van der Waals surface area contributed by atoms with Crippen molar-refractivity contribution in [3.63, 3.8) is 0 Å². The number of nitrogen functional groups attached to an aromatic ring is 1. The molecule has 8 nitrogen and oxygen atoms in total. The highest BCUT2D eigenvalue weighted by Crippen LogP contribution is 2.30. The number of nitrogens with one attached hydrogen (secondary N) is 1. The van der Waals surface area contributed by atoms with Gasteiger partial charge in [-0.2, -0.15) is 5.10 Å². The first kappa shape index (κ1) is 18.8. The third-order valence-corrected chi connectivity index (χ3v) is 4.84. The summed E-state index contributed by atoms with van der Waals surface area (Å²) in [6, 6.07) is 11.1. The van der Waals surface area contributed by atoms with Crippen molar-refractivity contribution in [3.05, 3.63) is 52.3 Å². The molecule has 0 atom stereocenters. The number of pyridine rings is 1. The minimum atomic E-state index is -0.300. The normalized spacial score (nSPS) is 11.3. The zero-order chi connectivity index (χ0) is 20.5. The molecule has 2 aromatic heterocycles. The van der Waals surface area contributed by atoms with Crippen LogP contribution in [-0.4, -0.2) is 42.2 Å². The standard InChI is InChI=1S/C21H22N4O4/c1-12-4-5-13(28-3)11-17(12)25-20(22)18-19(24-25)15-7-6-14(29-9-8-27-2)10-16(15)23-21(18)26/h4-7,10-11H,8-9,22H2,1-3H3,(H,23,26). The van der Waals surface area contributed by atoms with Crippen LogP contribution in [0.2, 0.25) is 0 Å². The molecule has 0 aliphatic heterocycles. The fourth-order valence-electron chi connectivity index (χ4n) is 3.32. The number of ether oxygens (including phenoxy) is 3. The Hall–Kier alpha value is -3.52. The Kier molecular flexibility index (Phi) is 4.85. The Labute approximate surface area is 166 Å². The van der Waals surface area contributed by atoms with E-state index in [9.17, 15) is 4.79 Å². The van der Waals surface area contributed by atoms with Crippen LogP contribution < -0.4 is 20.8 Å². The van der Waals surface area contributed by atoms with Crippen LogP contribution in [0, 0.1) is 6.92 Å². The molecule has 0 bridgehead atoms. The fraction of sp³-hybridized carbons (Fsp3) is 0.238. The smallest absolute Gasteiger partial charge is 0.261 e. The van der Waals surface area contributed by atoms with E-state index in [1.165, 1.54) is 0 Å². The molecule has 0 radical (unpaired) electrons. The Morgan fingerprint density at radius 2 is 1.90 bits per heavy atom. The number of H-pyrrole nitrogens is 1. The predicted molar refractivity (Wildman–Crippen MR) is 112 cm³/mol. The van der Waals surface area contributed by atoms with Crippen LogP contribution in [0.3, 0.4) is 0 Å². The topological polar surface area (TPSA) is 104 Å². The predicted octanol–water partition coefficient (Wildman–Crippen LogP) is 2.79. The molecule has 4 rings (SSSR count). The molecule has 3 N–H and O–H groups in total. The van der Waals surface area contributed by atoms with Gasteiger partial charge in [-0.3, -0.25) is 4.79 Å². The quantitative estimate of drug-likeness (QED) is 0.487. The van der Waals surface area contributed by atoms with E-state index in [0.29, 0.717) is 41.1 Å². The molecule has 0 amide bonds. The van der Waals surface area contributed by atoms with Crippen LogP contribution in [0.4, 0.5) is 5.82 Å². The first-order chi connectivity index (χ1) is 14.0. The summed E-state index contributed by atoms with van der Waals surface area (Å²) in [7, 11) is 3.21. The minimum absolute atomic E-state index is 0.278. The van der Waals surface area contributed by atoms with Crippen molar-refractivity contribution in [2.45, 2.75) is 6.92 Å². The van der Waals surface area contributed by atoms with E-state index in [1.807, 2.05) is 37.3 Å². The van der Waals surface area contributed by atoms with Gasteiger partial charge in [0.05, 0.1) is 24.9 Å². The molecule has 0 aliphatic carbocycles. The number of nitrogens with zero attached hydrogens (tertiary/aromatic N) is 2. The lowest BCUT2D eigenvalue weighted by Gasteiger charge is -2.09. The average molecular weight is 394 g/mol. The maximum atomic E-state index is 12.8. The largest absolute Gasteiger partial charge is 0.497 e. The van der Waals surface area contributed by atoms with E-state index in [4.69, 9.17) is 19.9 Å². The molecule has 29 heavy (non-hydrogen) atoms. The number of nitrogens with two attached hydrogens (primary N) is 1. The van der Waals surface area contributed by atoms with Crippen molar-refractivity contribution in [2.75, 3.05) is 33.2 Å². The number of hydrogen-bond acceptors (Lipinski definition) is 6. The van der Waals surface area contributed by atoms with Crippen LogP contribution in [0.25, 0.3) is 27.5 Å². The average Bonchev–Trinajstić information content (AvgIpc) is 3.06. The van der Waals surface area contributed by atoms with Gasteiger partial charge >= 0.3 is 0 Å². The third kappa shape index (κ3) is 3.27. The molecule has 2 heterocycles. The van der Waals surface area contributed by atoms with Crippen molar-refractivity contribution in [1.29, 1.82) is 0 Å². The number of aromatic nitrogens is 3. The van der Waals surface area contributed by atoms with Crippen molar-refractivity contribution in [1.82, 2.24) is 14.8 Å². The first-order valence-corrected chi connectivity index (χ1v) is 9.14. The number of methoxy groups -OCH3 is 2. The monoisotopic (exact) mass is 394 g/mol. The number of anilines is 1. The minimum Gasteiger partial charge on any atom is -0.497 e. The summed E-state index contributed by atoms with van der Waals surface area (Å²) in [5, 5.41) is 5.80. The second-order valence-electron chi connectivity index (χ2n) is 6.68. The number of aryl methyl sites for hydroxylation is 1. The fourth-order valence-corrected chi connectivity index (χ4v) is 3.32. The number of benzene rings is 2. The van der Waals surface area contributed by atoms with E-state index in [-0.39, 0.29) is 11.4 Å². The summed E-state index contributed by atoms with van der Waals surface area (Å²) >= 11 is 0. The molecule has 0 spiro atoms. The van der Waals surface area contributed by atoms with Gasteiger partial charge in [-0.15, -0.1) is 0 Å². The van der Waals surface area contributed by atoms with Gasteiger partial charge in [0, 0.05) is 24.6 Å². The molecule has 0 saturated carbocycles. The number of rotatable bonds is 6. The zero-order valence-corrected chi connectivity index (χ0v) is 16.5. The van der Waals surface area contributed by atoms with Gasteiger partial charge in [0.1, 0.15) is 34.8 Å². The summed E-state index contributed by atoms with van der Waals surface area (Å²) in [6.45, 7) is 2.85. The zero-order valence-electron chi connectivity index (χ0n) is 16.5. The van der Waals surface area contributed by atoms with Crippen molar-refractivity contribution in [3.8, 4) is 17.2 Å². The highest BCUT2D eigenvalue weighted by atomic mass is 16.5. The summed E-state index contributed by atoms with van der Waals surface area (Å²) in [5.41, 5.74) is 8.91. The highest BCUT2D eigenvalue weighted by molar-refractivity contribution is 6.07. The van der Waals surface area contributed by atoms with E-state index in [0.717, 1.165) is 16.6 Å². The lowest BCUT2D eigenvalue weighted by atomic mass is 10.1. The summed E-state index contributed by atoms with van der Waals surface area (Å²) in [6.07, 6.45) is 0. The molecule has 0 aliphatic rings. The lowest BCUT2D eigenvalue weighted by Crippen LogP contribution is -2.09. The molecule has 4 aromatic rings. The second kappa shape index (κ2) is 7.48. The molecular formula is C21H22N4O4. The van der Waals surface area contributed by atoms with Gasteiger partial charge in [-0.05, 0) is 30.7 Å². The van der Waals surface area contributed by atoms with Gasteiger partial charge in [-0.1, -0.05) is 6.07 Å². The Bertz CT molecular complexity index is 1260. The van der Waals surface area contributed by atoms with E-state index >= 15 is 0 Å². The maximum absolute atomic E-state index is 12.8. The van der Waals surface area contributed by atoms with E-state index in [1.54, 1.807) is 25.0 Å². The second-order valence-corrected chi connectivity index (χ2v) is 6.68. The van der Waals surface area contributed by atoms with E-state index in [2.05, 4.69) is 10.1 Å². The number of aromatic amines is 1. The van der Waals surface area contributed by atoms with Gasteiger partial charge in [0.25, 0.3) is 5.56 Å². The van der Waals surface area contributed by atoms with Crippen LogP contribution in [-0.2, 0) is 4.74 Å². The Balaban J connectivity index is 1.90. The SMILES string of the molecule is COCCOc1ccc2c(c1)[nH]c(=O)c1c(N)n(-c3cc(OC)ccc3C)nc12. The summed E-state index contributed by atoms with van der Waals surface area (Å²) in [5.74, 6) is 1.60. The van der Waals surface area contributed by atoms with Gasteiger partial charge in [-0.25, -0.2) is 4.68 Å². The van der Waals surface area contributed by atoms with Crippen molar-refractivity contribution in [2.24, 2.45) is 0 Å². The van der Waals surface area contributed by atoms with Crippen LogP contribution in [0.1, 0.15) is 5.56 Å². The molecule has 0 fully saturated rings. The third-order valence-electron chi connectivity index (χ3n) is 4.84. The van der Waals surface area contributed by atoms with Gasteiger partial charge < -0.3 is 24.9 Å². The molecule has 2 aromatic carbocycles. The maximum Gasteiger partial charge on any atom is 0.261 e. The van der Waals surface area contributed by atoms with Crippen LogP contribution >= 0.6 is 0 Å². The molecule has 0 saturated heterocycles. The molecule has 0 unspecified atom stereocenters. The molecule has 150 valence electrons. The lowest BCUT2D eigenvalue weighted by molar-refractivity contribution is 0.146. The number of fused-ring (bicyclic) bond motifs is 3. The molecular weight excluding hydrogens is 372 g/mol. The summed E-state index contributed by atoms with van der Waals surface area (Å²) in [4.78, 5) is 15.6. The summed E-state index contributed by atoms with van der Waals surface area (Å²) < 4.78 is 17.5. The van der Waals surface area contributed by atoms with Crippen LogP contribution in [0.15, 0.2) is 41.2 Å². The number of hydrogen-bond donors (Lipinski definition) is 2. The van der Waals surface area contributed by atoms with Gasteiger partial charge in [0.15, 0.2) is 0 Å². The Morgan fingerprint density at radius 3 is 2.66 bits per heavy atom. The first-order valence-electron chi connectivity index (χ1n) is 9.14. The van der Waals surface area contributed by atoms with E-state index < -0.39 is 0 Å². The van der Waals surface area contributed by atoms with Crippen molar-refractivity contribution < 1.29 is 14.2 Å². The van der Waals surface area contributed by atoms with Crippen LogP contribution in [0.5, 0.6) is 11.5 Å². The van der Waals surface area contributed by atoms with Gasteiger partial charge in [0.2, 0.25) is 0 Å².